The number of hydrogen-bond acceptors (Lipinski definition) is 9. The van der Waals surface area contributed by atoms with E-state index in [1.54, 1.807) is 36.4 Å². The number of carboxylic acid groups (broad SMARTS) is 1. The lowest BCUT2D eigenvalue weighted by atomic mass is 10.1. The number of nitrogens with zero attached hydrogens (tertiary/aromatic N) is 2. The number of carboxylic acids is 1. The number of aliphatic carboxylic acids is 1. The van der Waals surface area contributed by atoms with Gasteiger partial charge in [0.05, 0.1) is 17.8 Å². The average molecular weight is 577 g/mol. The topological polar surface area (TPSA) is 170 Å². The highest BCUT2D eigenvalue weighted by molar-refractivity contribution is 7.80. The largest absolute Gasteiger partial charge is 0.481 e. The van der Waals surface area contributed by atoms with Crippen LogP contribution in [0.25, 0.3) is 0 Å². The number of carbonyl (C=O) groups is 4. The molecule has 3 aromatic carbocycles. The second kappa shape index (κ2) is 15.0. The Balaban J connectivity index is 1.78. The van der Waals surface area contributed by atoms with Gasteiger partial charge in [0, 0.05) is 24.1 Å². The first-order valence-corrected chi connectivity index (χ1v) is 13.1. The Morgan fingerprint density at radius 3 is 2.15 bits per heavy atom. The van der Waals surface area contributed by atoms with Gasteiger partial charge < -0.3 is 25.6 Å². The summed E-state index contributed by atoms with van der Waals surface area (Å²) in [6.45, 7) is 1.96. The highest BCUT2D eigenvalue weighted by Gasteiger charge is 2.19. The number of benzene rings is 3. The molecule has 0 atom stereocenters. The molecular weight excluding hydrogens is 548 g/mol. The third kappa shape index (κ3) is 9.62. The van der Waals surface area contributed by atoms with E-state index in [0.29, 0.717) is 23.2 Å². The molecule has 0 bridgehead atoms. The van der Waals surface area contributed by atoms with Gasteiger partial charge in [-0.3, -0.25) is 14.4 Å². The van der Waals surface area contributed by atoms with Gasteiger partial charge in [-0.05, 0) is 73.2 Å². The number of esters is 2. The number of ether oxygens (including phenoxy) is 2. The third-order valence-electron chi connectivity index (χ3n) is 5.53. The van der Waals surface area contributed by atoms with Crippen molar-refractivity contribution in [2.45, 2.75) is 32.6 Å². The number of carbonyl (C=O) groups excluding carboxylic acids is 3. The van der Waals surface area contributed by atoms with Crippen LogP contribution in [-0.4, -0.2) is 40.5 Å². The van der Waals surface area contributed by atoms with Crippen molar-refractivity contribution in [3.8, 4) is 11.5 Å². The van der Waals surface area contributed by atoms with Gasteiger partial charge in [0.25, 0.3) is 5.91 Å². The fraction of sp³-hybridized carbons (Fsp3) is 0.207. The van der Waals surface area contributed by atoms with Gasteiger partial charge in [0.2, 0.25) is 0 Å². The number of nitrogens with one attached hydrogen (secondary N) is 1. The maximum Gasteiger partial charge on any atom is 0.347 e. The van der Waals surface area contributed by atoms with Crippen LogP contribution in [0.2, 0.25) is 0 Å². The van der Waals surface area contributed by atoms with Gasteiger partial charge in [0.1, 0.15) is 22.1 Å². The summed E-state index contributed by atoms with van der Waals surface area (Å²) in [7, 11) is 0. The second-order valence-electron chi connectivity index (χ2n) is 8.68. The molecule has 11 nitrogen and oxygen atoms in total. The molecule has 0 saturated carbocycles. The van der Waals surface area contributed by atoms with E-state index in [1.165, 1.54) is 30.3 Å². The van der Waals surface area contributed by atoms with E-state index in [1.807, 2.05) is 6.92 Å². The molecule has 0 aliphatic carbocycles. The lowest BCUT2D eigenvalue weighted by Gasteiger charge is -2.11. The van der Waals surface area contributed by atoms with Crippen molar-refractivity contribution in [2.75, 3.05) is 6.54 Å². The first-order valence-electron chi connectivity index (χ1n) is 12.6. The van der Waals surface area contributed by atoms with E-state index >= 15 is 0 Å². The number of azo groups is 1. The van der Waals surface area contributed by atoms with Gasteiger partial charge in [-0.15, -0.1) is 0 Å². The summed E-state index contributed by atoms with van der Waals surface area (Å²) in [5.41, 5.74) is 7.22. The van der Waals surface area contributed by atoms with Crippen molar-refractivity contribution < 1.29 is 33.8 Å². The molecule has 0 aliphatic heterocycles. The van der Waals surface area contributed by atoms with E-state index in [0.717, 1.165) is 6.42 Å². The lowest BCUT2D eigenvalue weighted by molar-refractivity contribution is -0.137. The zero-order chi connectivity index (χ0) is 29.8. The number of thiocarbonyl (C=S) groups is 1. The molecule has 212 valence electrons. The molecule has 3 aromatic rings. The molecule has 41 heavy (non-hydrogen) atoms. The Bertz CT molecular complexity index is 1450. The molecule has 0 saturated heterocycles. The van der Waals surface area contributed by atoms with Crippen molar-refractivity contribution in [1.82, 2.24) is 5.32 Å². The van der Waals surface area contributed by atoms with Gasteiger partial charge in [-0.25, -0.2) is 4.79 Å². The molecule has 0 radical (unpaired) electrons. The fourth-order valence-corrected chi connectivity index (χ4v) is 3.49. The summed E-state index contributed by atoms with van der Waals surface area (Å²) in [5.74, 6) is -2.43. The number of hydrogen-bond donors (Lipinski definition) is 3. The summed E-state index contributed by atoms with van der Waals surface area (Å²) in [4.78, 5) is 48.3. The average Bonchev–Trinajstić information content (AvgIpc) is 2.95. The van der Waals surface area contributed by atoms with Gasteiger partial charge >= 0.3 is 17.9 Å². The second-order valence-corrected chi connectivity index (χ2v) is 9.12. The number of nitrogens with two attached hydrogens (primary N) is 1. The number of amides is 1. The zero-order valence-electron chi connectivity index (χ0n) is 22.2. The van der Waals surface area contributed by atoms with E-state index in [9.17, 15) is 19.2 Å². The van der Waals surface area contributed by atoms with Gasteiger partial charge in [-0.2, -0.15) is 10.2 Å². The Kier molecular flexibility index (Phi) is 11.2. The minimum atomic E-state index is -1.01. The van der Waals surface area contributed by atoms with Crippen molar-refractivity contribution >= 4 is 52.4 Å². The number of unbranched alkanes of at least 4 members (excludes halogenated alkanes) is 1. The maximum atomic E-state index is 13.1. The Morgan fingerprint density at radius 1 is 0.878 bits per heavy atom. The quantitative estimate of drug-likeness (QED) is 0.106. The first-order chi connectivity index (χ1) is 19.7. The SMILES string of the molecule is CCCCC(=O)Oc1ccc(N=Nc2ccc(C(=O)NCCC(=O)O)cc2)cc1C(=O)Oc1ccc(C(N)=S)cc1. The minimum absolute atomic E-state index is 0.0113. The lowest BCUT2D eigenvalue weighted by Crippen LogP contribution is -2.25. The molecule has 0 spiro atoms. The Hall–Kier alpha value is -4.97. The monoisotopic (exact) mass is 576 g/mol. The molecule has 0 unspecified atom stereocenters. The molecular formula is C29H28N4O7S. The van der Waals surface area contributed by atoms with E-state index in [4.69, 9.17) is 32.5 Å². The van der Waals surface area contributed by atoms with Gasteiger partial charge in [0.15, 0.2) is 0 Å². The smallest absolute Gasteiger partial charge is 0.347 e. The van der Waals surface area contributed by atoms with Crippen molar-refractivity contribution in [3.05, 3.63) is 83.4 Å². The minimum Gasteiger partial charge on any atom is -0.481 e. The third-order valence-corrected chi connectivity index (χ3v) is 5.76. The van der Waals surface area contributed by atoms with Crippen LogP contribution in [0.1, 0.15) is 58.9 Å². The molecule has 4 N–H and O–H groups in total. The van der Waals surface area contributed by atoms with Crippen LogP contribution in [0.15, 0.2) is 77.0 Å². The standard InChI is InChI=1S/C29H28N4O7S/c1-2-3-4-26(36)40-24-14-11-21(17-23(24)29(38)39-22-12-7-18(8-13-22)27(30)41)33-32-20-9-5-19(6-10-20)28(37)31-16-15-25(34)35/h5-14,17H,2-4,15-16H2,1H3,(H2,30,41)(H,31,37)(H,34,35). The van der Waals surface area contributed by atoms with Crippen LogP contribution in [0, 0.1) is 0 Å². The predicted molar refractivity (Wildman–Crippen MR) is 154 cm³/mol. The summed E-state index contributed by atoms with van der Waals surface area (Å²) in [6.07, 6.45) is 1.46. The van der Waals surface area contributed by atoms with E-state index in [-0.39, 0.29) is 47.1 Å². The van der Waals surface area contributed by atoms with Crippen molar-refractivity contribution in [3.63, 3.8) is 0 Å². The number of rotatable bonds is 13. The zero-order valence-corrected chi connectivity index (χ0v) is 23.0. The van der Waals surface area contributed by atoms with E-state index in [2.05, 4.69) is 15.5 Å². The summed E-state index contributed by atoms with van der Waals surface area (Å²) in [5, 5.41) is 19.5. The molecule has 3 rings (SSSR count). The molecule has 0 aromatic heterocycles. The Labute approximate surface area is 241 Å². The highest BCUT2D eigenvalue weighted by Crippen LogP contribution is 2.28. The molecule has 1 amide bonds. The van der Waals surface area contributed by atoms with Crippen LogP contribution in [0.4, 0.5) is 11.4 Å². The maximum absolute atomic E-state index is 13.1. The van der Waals surface area contributed by atoms with Crippen LogP contribution in [-0.2, 0) is 9.59 Å². The Morgan fingerprint density at radius 2 is 1.51 bits per heavy atom. The van der Waals surface area contributed by atoms with Crippen molar-refractivity contribution in [1.29, 1.82) is 0 Å². The van der Waals surface area contributed by atoms with Crippen LogP contribution in [0.5, 0.6) is 11.5 Å². The van der Waals surface area contributed by atoms with Crippen molar-refractivity contribution in [2.24, 2.45) is 16.0 Å². The van der Waals surface area contributed by atoms with Gasteiger partial charge in [-0.1, -0.05) is 25.6 Å². The molecule has 0 heterocycles. The molecule has 0 aliphatic rings. The first kappa shape index (κ1) is 30.6. The molecule has 12 heteroatoms. The summed E-state index contributed by atoms with van der Waals surface area (Å²) >= 11 is 4.94. The highest BCUT2D eigenvalue weighted by atomic mass is 32.1. The molecule has 0 fully saturated rings. The fourth-order valence-electron chi connectivity index (χ4n) is 3.35. The summed E-state index contributed by atoms with van der Waals surface area (Å²) < 4.78 is 10.9. The van der Waals surface area contributed by atoms with Crippen LogP contribution >= 0.6 is 12.2 Å². The van der Waals surface area contributed by atoms with Crippen LogP contribution < -0.4 is 20.5 Å². The summed E-state index contributed by atoms with van der Waals surface area (Å²) in [6, 6.07) is 16.8. The van der Waals surface area contributed by atoms with E-state index < -0.39 is 23.8 Å². The predicted octanol–water partition coefficient (Wildman–Crippen LogP) is 5.26. The van der Waals surface area contributed by atoms with Crippen LogP contribution in [0.3, 0.4) is 0 Å². The normalized spacial score (nSPS) is 10.7.